The molecule has 8 heterocycles. The van der Waals surface area contributed by atoms with Gasteiger partial charge in [-0.3, -0.25) is 28.8 Å². The Hall–Kier alpha value is -6.09. The van der Waals surface area contributed by atoms with Gasteiger partial charge in [0.05, 0.1) is 54.8 Å². The van der Waals surface area contributed by atoms with Crippen LogP contribution < -0.4 is 26.0 Å². The molecule has 0 radical (unpaired) electrons. The zero-order valence-corrected chi connectivity index (χ0v) is 35.6. The molecule has 17 heteroatoms. The van der Waals surface area contributed by atoms with E-state index in [4.69, 9.17) is 19.2 Å². The highest BCUT2D eigenvalue weighted by atomic mass is 16.5. The van der Waals surface area contributed by atoms with Crippen molar-refractivity contribution < 1.29 is 28.6 Å². The molecule has 4 aliphatic heterocycles. The molecule has 2 N–H and O–H groups in total. The first kappa shape index (κ1) is 41.0. The molecule has 1 unspecified atom stereocenters. The highest BCUT2D eigenvalue weighted by Gasteiger charge is 2.40. The molecule has 5 aromatic rings. The van der Waals surface area contributed by atoms with Crippen molar-refractivity contribution in [3.05, 3.63) is 76.1 Å². The Morgan fingerprint density at radius 1 is 1.05 bits per heavy atom. The fraction of sp³-hybridized carbons (Fsp3) is 0.500. The Labute approximate surface area is 364 Å². The van der Waals surface area contributed by atoms with Gasteiger partial charge < -0.3 is 29.3 Å². The van der Waals surface area contributed by atoms with Crippen LogP contribution in [0, 0.1) is 17.8 Å². The lowest BCUT2D eigenvalue weighted by atomic mass is 9.78. The van der Waals surface area contributed by atoms with Gasteiger partial charge in [0.2, 0.25) is 17.7 Å². The number of fused-ring (bicyclic) bond motifs is 4. The summed E-state index contributed by atoms with van der Waals surface area (Å²) in [5, 5.41) is 9.81. The Bertz CT molecular complexity index is 2700. The number of rotatable bonds is 10. The summed E-state index contributed by atoms with van der Waals surface area (Å²) in [6.07, 6.45) is 13.4. The minimum Gasteiger partial charge on any atom is -0.480 e. The number of amides is 3. The van der Waals surface area contributed by atoms with Crippen molar-refractivity contribution >= 4 is 45.9 Å². The molecule has 10 rings (SSSR count). The largest absolute Gasteiger partial charge is 0.480 e. The van der Waals surface area contributed by atoms with Gasteiger partial charge in [0.1, 0.15) is 29.7 Å². The average Bonchev–Trinajstić information content (AvgIpc) is 4.10. The molecule has 1 aliphatic carbocycles. The van der Waals surface area contributed by atoms with E-state index in [1.54, 1.807) is 24.9 Å². The second-order valence-corrected chi connectivity index (χ2v) is 17.6. The van der Waals surface area contributed by atoms with E-state index >= 15 is 0 Å². The molecule has 2 bridgehead atoms. The third-order valence-electron chi connectivity index (χ3n) is 13.7. The minimum atomic E-state index is -0.741. The molecule has 4 saturated heterocycles. The summed E-state index contributed by atoms with van der Waals surface area (Å²) in [6.45, 7) is 4.83. The molecule has 5 fully saturated rings. The predicted molar refractivity (Wildman–Crippen MR) is 233 cm³/mol. The minimum absolute atomic E-state index is 0.138. The van der Waals surface area contributed by atoms with Crippen LogP contribution in [0.1, 0.15) is 91.2 Å². The van der Waals surface area contributed by atoms with E-state index < -0.39 is 11.9 Å². The van der Waals surface area contributed by atoms with E-state index in [1.165, 1.54) is 9.13 Å². The molecule has 0 spiro atoms. The van der Waals surface area contributed by atoms with Crippen LogP contribution >= 0.6 is 0 Å². The number of pyridine rings is 1. The van der Waals surface area contributed by atoms with E-state index in [1.807, 2.05) is 42.7 Å². The molecule has 328 valence electrons. The van der Waals surface area contributed by atoms with Crippen molar-refractivity contribution in [3.63, 3.8) is 0 Å². The lowest BCUT2D eigenvalue weighted by molar-refractivity contribution is -0.135. The Balaban J connectivity index is 0.700. The molecule has 3 amide bonds. The number of aryl methyl sites for hydroxylation is 1. The number of nitrogens with one attached hydrogen (secondary N) is 2. The van der Waals surface area contributed by atoms with Crippen LogP contribution in [-0.4, -0.2) is 116 Å². The molecule has 1 aromatic carbocycles. The van der Waals surface area contributed by atoms with Gasteiger partial charge >= 0.3 is 5.69 Å². The fourth-order valence-corrected chi connectivity index (χ4v) is 10.4. The maximum atomic E-state index is 13.7. The number of carbonyl (C=O) groups excluding carboxylic acids is 3. The molecule has 63 heavy (non-hydrogen) atoms. The van der Waals surface area contributed by atoms with E-state index in [-0.39, 0.29) is 49.2 Å². The number of anilines is 2. The third kappa shape index (κ3) is 8.07. The van der Waals surface area contributed by atoms with Crippen LogP contribution in [-0.2, 0) is 26.1 Å². The van der Waals surface area contributed by atoms with Gasteiger partial charge in [-0.1, -0.05) is 17.9 Å². The lowest BCUT2D eigenvalue weighted by Gasteiger charge is -2.36. The molecule has 1 saturated carbocycles. The average molecular weight is 857 g/mol. The summed E-state index contributed by atoms with van der Waals surface area (Å²) in [5.41, 5.74) is 4.17. The Morgan fingerprint density at radius 2 is 1.89 bits per heavy atom. The summed E-state index contributed by atoms with van der Waals surface area (Å²) < 4.78 is 22.2. The summed E-state index contributed by atoms with van der Waals surface area (Å²) >= 11 is 0. The second-order valence-electron chi connectivity index (χ2n) is 17.6. The SMILES string of the molecule is COc1ncc(C2CCC(CN3CCC(OCC#Cc4cccc5c4n(C)c(=O)n5C4CCC(=O)NC4=O)CC3)CC2)cc1NC(=O)c1cnn2ccc(N3C[C@H]4C[C@@H]3CO4)nc12. The van der Waals surface area contributed by atoms with Gasteiger partial charge in [-0.25, -0.2) is 19.3 Å². The number of hydrogen-bond donors (Lipinski definition) is 2. The van der Waals surface area contributed by atoms with Crippen LogP contribution in [0.3, 0.4) is 0 Å². The normalized spacial score (nSPS) is 24.2. The number of para-hydroxylation sites is 1. The number of likely N-dealkylation sites (tertiary alicyclic amines) is 1. The number of nitrogens with zero attached hydrogens (tertiary/aromatic N) is 8. The van der Waals surface area contributed by atoms with Crippen LogP contribution in [0.25, 0.3) is 16.7 Å². The first-order chi connectivity index (χ1) is 30.7. The zero-order chi connectivity index (χ0) is 43.2. The van der Waals surface area contributed by atoms with E-state index in [2.05, 4.69) is 42.4 Å². The number of benzene rings is 1. The number of imide groups is 1. The van der Waals surface area contributed by atoms with Crippen LogP contribution in [0.4, 0.5) is 11.5 Å². The summed E-state index contributed by atoms with van der Waals surface area (Å²) in [6, 6.07) is 9.03. The van der Waals surface area contributed by atoms with E-state index in [0.717, 1.165) is 82.5 Å². The van der Waals surface area contributed by atoms with E-state index in [0.29, 0.717) is 63.9 Å². The molecular weight excluding hydrogens is 805 g/mol. The summed E-state index contributed by atoms with van der Waals surface area (Å²) in [7, 11) is 3.24. The topological polar surface area (TPSA) is 179 Å². The smallest absolute Gasteiger partial charge is 0.329 e. The van der Waals surface area contributed by atoms with Gasteiger partial charge in [-0.2, -0.15) is 5.10 Å². The lowest BCUT2D eigenvalue weighted by Crippen LogP contribution is -2.44. The number of hydrogen-bond acceptors (Lipinski definition) is 12. The molecule has 17 nitrogen and oxygen atoms in total. The Kier molecular flexibility index (Phi) is 11.2. The van der Waals surface area contributed by atoms with Crippen molar-refractivity contribution in [1.82, 2.24) is 38.9 Å². The second kappa shape index (κ2) is 17.2. The first-order valence-electron chi connectivity index (χ1n) is 22.1. The highest BCUT2D eigenvalue weighted by molar-refractivity contribution is 6.08. The van der Waals surface area contributed by atoms with Gasteiger partial charge in [0, 0.05) is 52.0 Å². The maximum Gasteiger partial charge on any atom is 0.329 e. The zero-order valence-electron chi connectivity index (χ0n) is 35.6. The first-order valence-corrected chi connectivity index (χ1v) is 22.1. The molecular formula is C46H52N10O7. The number of methoxy groups -OCH3 is 1. The van der Waals surface area contributed by atoms with Crippen molar-refractivity contribution in [2.45, 2.75) is 88.0 Å². The van der Waals surface area contributed by atoms with Crippen molar-refractivity contribution in [2.24, 2.45) is 13.0 Å². The Morgan fingerprint density at radius 3 is 2.65 bits per heavy atom. The summed E-state index contributed by atoms with van der Waals surface area (Å²) in [4.78, 5) is 65.6. The van der Waals surface area contributed by atoms with Crippen molar-refractivity contribution in [3.8, 4) is 17.7 Å². The quantitative estimate of drug-likeness (QED) is 0.154. The van der Waals surface area contributed by atoms with Crippen LogP contribution in [0.2, 0.25) is 0 Å². The van der Waals surface area contributed by atoms with E-state index in [9.17, 15) is 19.2 Å². The summed E-state index contributed by atoms with van der Waals surface area (Å²) in [5.74, 6) is 7.42. The molecule has 4 aromatic heterocycles. The predicted octanol–water partition coefficient (Wildman–Crippen LogP) is 3.80. The number of carbonyl (C=O) groups is 3. The van der Waals surface area contributed by atoms with Crippen molar-refractivity contribution in [2.75, 3.05) is 56.7 Å². The monoisotopic (exact) mass is 856 g/mol. The van der Waals surface area contributed by atoms with Gasteiger partial charge in [-0.05, 0) is 93.0 Å². The number of piperidine rings is 2. The molecule has 3 atom stereocenters. The van der Waals surface area contributed by atoms with Crippen LogP contribution in [0.5, 0.6) is 5.88 Å². The number of aromatic nitrogens is 6. The van der Waals surface area contributed by atoms with Gasteiger partial charge in [0.25, 0.3) is 5.91 Å². The van der Waals surface area contributed by atoms with Crippen LogP contribution in [0.15, 0.2) is 53.7 Å². The maximum absolute atomic E-state index is 13.7. The fourth-order valence-electron chi connectivity index (χ4n) is 10.4. The standard InChI is InChI=1S/C46H52N10O7/c1-52-41-30(5-3-7-37(41)56(46(52)60)38-12-13-40(57)51-44(38)59)6-4-20-62-33-14-17-53(18-15-33)25-28-8-10-29(11-9-28)31-21-36(45(61-2)47-23-31)49-43(58)35-24-48-55-19-16-39(50-42(35)55)54-26-34-22-32(54)27-63-34/h3,5,7,16,19,21,23-24,28-29,32-34,38H,8-15,17-18,20,22,25-27H2,1-2H3,(H,49,58)(H,51,57,59)/t28?,29?,32-,34-,38?/m1/s1. The third-order valence-corrected chi connectivity index (χ3v) is 13.7. The van der Waals surface area contributed by atoms with Gasteiger partial charge in [0.15, 0.2) is 5.65 Å². The number of imidazole rings is 1. The number of ether oxygens (including phenoxy) is 3. The highest BCUT2D eigenvalue weighted by Crippen LogP contribution is 2.39. The van der Waals surface area contributed by atoms with Gasteiger partial charge in [-0.15, -0.1) is 0 Å². The number of morpholine rings is 1. The molecule has 5 aliphatic rings. The van der Waals surface area contributed by atoms with Crippen molar-refractivity contribution in [1.29, 1.82) is 0 Å².